The molecule has 0 amide bonds. The molecule has 2 aromatic rings. The van der Waals surface area contributed by atoms with Crippen molar-refractivity contribution in [3.8, 4) is 23.0 Å². The Hall–Kier alpha value is -3.03. The van der Waals surface area contributed by atoms with Crippen LogP contribution < -0.4 is 9.47 Å². The van der Waals surface area contributed by atoms with Crippen molar-refractivity contribution in [2.45, 2.75) is 0 Å². The third kappa shape index (κ3) is 2.78. The minimum absolute atomic E-state index is 0.151. The zero-order chi connectivity index (χ0) is 15.6. The summed E-state index contributed by atoms with van der Waals surface area (Å²) in [6.45, 7) is 0. The standard InChI is InChI=1S/C13H11NO7/c1-19-7-3-6(4-8(5-7)20-2)11-14-9(12(15)16)10(21-11)13(17)18/h3-5H,1-2H3,(H,15,16)(H,17,18). The molecule has 0 aliphatic rings. The number of ether oxygens (including phenoxy) is 2. The van der Waals surface area contributed by atoms with Crippen LogP contribution in [0.5, 0.6) is 11.5 Å². The number of aromatic carboxylic acids is 2. The van der Waals surface area contributed by atoms with Gasteiger partial charge in [0.1, 0.15) is 11.5 Å². The van der Waals surface area contributed by atoms with Crippen molar-refractivity contribution in [1.29, 1.82) is 0 Å². The summed E-state index contributed by atoms with van der Waals surface area (Å²) in [6, 6.07) is 4.64. The van der Waals surface area contributed by atoms with Crippen LogP contribution in [0.3, 0.4) is 0 Å². The van der Waals surface area contributed by atoms with Crippen molar-refractivity contribution in [3.05, 3.63) is 29.7 Å². The number of carbonyl (C=O) groups is 2. The van der Waals surface area contributed by atoms with Gasteiger partial charge in [-0.05, 0) is 12.1 Å². The minimum Gasteiger partial charge on any atom is -0.497 e. The lowest BCUT2D eigenvalue weighted by Gasteiger charge is -2.05. The highest BCUT2D eigenvalue weighted by atomic mass is 16.5. The van der Waals surface area contributed by atoms with E-state index in [1.807, 2.05) is 0 Å². The summed E-state index contributed by atoms with van der Waals surface area (Å²) in [5.74, 6) is -3.04. The molecule has 0 unspecified atom stereocenters. The number of carboxylic acids is 2. The first-order valence-electron chi connectivity index (χ1n) is 5.67. The van der Waals surface area contributed by atoms with Crippen molar-refractivity contribution in [2.75, 3.05) is 14.2 Å². The summed E-state index contributed by atoms with van der Waals surface area (Å²) in [4.78, 5) is 25.6. The summed E-state index contributed by atoms with van der Waals surface area (Å²) in [7, 11) is 2.89. The number of carboxylic acid groups (broad SMARTS) is 2. The second kappa shape index (κ2) is 5.53. The van der Waals surface area contributed by atoms with Gasteiger partial charge in [-0.25, -0.2) is 14.6 Å². The third-order valence-corrected chi connectivity index (χ3v) is 2.62. The molecular formula is C13H11NO7. The number of nitrogens with zero attached hydrogens (tertiary/aromatic N) is 1. The maximum atomic E-state index is 11.0. The number of benzene rings is 1. The van der Waals surface area contributed by atoms with Crippen molar-refractivity contribution < 1.29 is 33.7 Å². The van der Waals surface area contributed by atoms with Gasteiger partial charge >= 0.3 is 11.9 Å². The fourth-order valence-electron chi connectivity index (χ4n) is 1.66. The van der Waals surface area contributed by atoms with E-state index in [-0.39, 0.29) is 5.89 Å². The number of oxazole rings is 1. The van der Waals surface area contributed by atoms with E-state index >= 15 is 0 Å². The molecule has 0 radical (unpaired) electrons. The summed E-state index contributed by atoms with van der Waals surface area (Å²) in [6.07, 6.45) is 0. The van der Waals surface area contributed by atoms with Crippen LogP contribution in [-0.4, -0.2) is 41.4 Å². The molecule has 1 aromatic heterocycles. The van der Waals surface area contributed by atoms with E-state index in [9.17, 15) is 9.59 Å². The van der Waals surface area contributed by atoms with Gasteiger partial charge in [-0.1, -0.05) is 0 Å². The van der Waals surface area contributed by atoms with Crippen molar-refractivity contribution in [2.24, 2.45) is 0 Å². The Morgan fingerprint density at radius 2 is 1.62 bits per heavy atom. The van der Waals surface area contributed by atoms with Crippen LogP contribution in [0.2, 0.25) is 0 Å². The number of methoxy groups -OCH3 is 2. The van der Waals surface area contributed by atoms with Crippen LogP contribution in [0.1, 0.15) is 21.0 Å². The second-order valence-electron chi connectivity index (χ2n) is 3.91. The molecule has 21 heavy (non-hydrogen) atoms. The number of aromatic nitrogens is 1. The third-order valence-electron chi connectivity index (χ3n) is 2.62. The highest BCUT2D eigenvalue weighted by Crippen LogP contribution is 2.30. The zero-order valence-corrected chi connectivity index (χ0v) is 11.1. The molecule has 0 aliphatic heterocycles. The lowest BCUT2D eigenvalue weighted by Crippen LogP contribution is -2.05. The first-order chi connectivity index (χ1) is 9.96. The molecule has 0 saturated carbocycles. The molecule has 0 saturated heterocycles. The summed E-state index contributed by atoms with van der Waals surface area (Å²) in [5, 5.41) is 17.9. The molecule has 1 heterocycles. The van der Waals surface area contributed by atoms with Gasteiger partial charge in [0, 0.05) is 11.6 Å². The topological polar surface area (TPSA) is 119 Å². The largest absolute Gasteiger partial charge is 0.497 e. The van der Waals surface area contributed by atoms with E-state index in [4.69, 9.17) is 24.1 Å². The molecule has 0 bridgehead atoms. The number of hydrogen-bond acceptors (Lipinski definition) is 6. The van der Waals surface area contributed by atoms with Gasteiger partial charge < -0.3 is 24.1 Å². The average Bonchev–Trinajstić information content (AvgIpc) is 2.92. The van der Waals surface area contributed by atoms with Gasteiger partial charge in [0.25, 0.3) is 0 Å². The Morgan fingerprint density at radius 3 is 2.00 bits per heavy atom. The number of hydrogen-bond donors (Lipinski definition) is 2. The lowest BCUT2D eigenvalue weighted by molar-refractivity contribution is 0.0624. The number of rotatable bonds is 5. The highest BCUT2D eigenvalue weighted by Gasteiger charge is 2.25. The van der Waals surface area contributed by atoms with Crippen LogP contribution in [-0.2, 0) is 0 Å². The normalized spacial score (nSPS) is 10.2. The Balaban J connectivity index is 2.59. The summed E-state index contributed by atoms with van der Waals surface area (Å²) in [5.41, 5.74) is -0.333. The van der Waals surface area contributed by atoms with Crippen molar-refractivity contribution >= 4 is 11.9 Å². The van der Waals surface area contributed by atoms with Gasteiger partial charge in [0.2, 0.25) is 17.3 Å². The second-order valence-corrected chi connectivity index (χ2v) is 3.91. The van der Waals surface area contributed by atoms with Gasteiger partial charge in [-0.15, -0.1) is 0 Å². The predicted molar refractivity (Wildman–Crippen MR) is 69.0 cm³/mol. The average molecular weight is 293 g/mol. The van der Waals surface area contributed by atoms with Gasteiger partial charge in [0.15, 0.2) is 0 Å². The molecule has 0 spiro atoms. The summed E-state index contributed by atoms with van der Waals surface area (Å²) >= 11 is 0. The first kappa shape index (κ1) is 14.4. The Morgan fingerprint density at radius 1 is 1.05 bits per heavy atom. The van der Waals surface area contributed by atoms with Crippen LogP contribution in [0.4, 0.5) is 0 Å². The van der Waals surface area contributed by atoms with Crippen LogP contribution in [0.25, 0.3) is 11.5 Å². The van der Waals surface area contributed by atoms with Crippen molar-refractivity contribution in [3.63, 3.8) is 0 Å². The quantitative estimate of drug-likeness (QED) is 0.855. The summed E-state index contributed by atoms with van der Waals surface area (Å²) < 4.78 is 15.2. The maximum absolute atomic E-state index is 11.0. The maximum Gasteiger partial charge on any atom is 0.374 e. The van der Waals surface area contributed by atoms with Gasteiger partial charge in [0.05, 0.1) is 14.2 Å². The van der Waals surface area contributed by atoms with E-state index in [0.29, 0.717) is 17.1 Å². The predicted octanol–water partition coefficient (Wildman–Crippen LogP) is 1.76. The molecule has 8 heteroatoms. The Bertz CT molecular complexity index is 651. The van der Waals surface area contributed by atoms with Crippen LogP contribution in [0.15, 0.2) is 22.6 Å². The molecule has 2 N–H and O–H groups in total. The van der Waals surface area contributed by atoms with E-state index in [0.717, 1.165) is 0 Å². The molecule has 110 valence electrons. The Kier molecular flexibility index (Phi) is 3.79. The molecule has 0 fully saturated rings. The smallest absolute Gasteiger partial charge is 0.374 e. The molecule has 0 atom stereocenters. The van der Waals surface area contributed by atoms with Crippen molar-refractivity contribution in [1.82, 2.24) is 4.98 Å². The lowest BCUT2D eigenvalue weighted by atomic mass is 10.2. The Labute approximate surface area is 118 Å². The van der Waals surface area contributed by atoms with E-state index in [1.165, 1.54) is 26.4 Å². The SMILES string of the molecule is COc1cc(OC)cc(-c2nc(C(=O)O)c(C(=O)O)o2)c1. The van der Waals surface area contributed by atoms with E-state index in [2.05, 4.69) is 4.98 Å². The molecule has 1 aromatic carbocycles. The monoisotopic (exact) mass is 293 g/mol. The van der Waals surface area contributed by atoms with Crippen LogP contribution in [0, 0.1) is 0 Å². The van der Waals surface area contributed by atoms with Gasteiger partial charge in [-0.3, -0.25) is 0 Å². The first-order valence-corrected chi connectivity index (χ1v) is 5.67. The molecule has 8 nitrogen and oxygen atoms in total. The van der Waals surface area contributed by atoms with E-state index < -0.39 is 23.4 Å². The fourth-order valence-corrected chi connectivity index (χ4v) is 1.66. The molecule has 0 aliphatic carbocycles. The van der Waals surface area contributed by atoms with E-state index in [1.54, 1.807) is 6.07 Å². The minimum atomic E-state index is -1.51. The fraction of sp³-hybridized carbons (Fsp3) is 0.154. The molecular weight excluding hydrogens is 282 g/mol. The highest BCUT2D eigenvalue weighted by molar-refractivity contribution is 5.98. The molecule has 2 rings (SSSR count). The van der Waals surface area contributed by atoms with Gasteiger partial charge in [-0.2, -0.15) is 0 Å². The van der Waals surface area contributed by atoms with Crippen LogP contribution >= 0.6 is 0 Å². The zero-order valence-electron chi connectivity index (χ0n) is 11.1.